The molecule has 0 aromatic carbocycles. The Kier molecular flexibility index (Phi) is 7.49. The number of morpholine rings is 1. The highest BCUT2D eigenvalue weighted by Crippen LogP contribution is 2.89. The van der Waals surface area contributed by atoms with Gasteiger partial charge in [0.1, 0.15) is 6.61 Å². The van der Waals surface area contributed by atoms with E-state index in [9.17, 15) is 19.8 Å². The third kappa shape index (κ3) is 4.34. The van der Waals surface area contributed by atoms with E-state index in [-0.39, 0.29) is 70.3 Å². The molecule has 8 nitrogen and oxygen atoms in total. The molecule has 2 saturated heterocycles. The fourth-order valence-corrected chi connectivity index (χ4v) is 13.9. The maximum absolute atomic E-state index is 12.9. The Morgan fingerprint density at radius 3 is 2.43 bits per heavy atom. The summed E-state index contributed by atoms with van der Waals surface area (Å²) >= 11 is 0. The molecule has 6 saturated carbocycles. The van der Waals surface area contributed by atoms with Crippen LogP contribution in [0.4, 0.5) is 0 Å². The predicted molar refractivity (Wildman–Crippen MR) is 171 cm³/mol. The first-order valence-electron chi connectivity index (χ1n) is 18.8. The molecule has 8 fully saturated rings. The van der Waals surface area contributed by atoms with Crippen LogP contribution in [-0.2, 0) is 23.8 Å². The molecule has 0 radical (unpaired) electrons. The number of nitrogens with zero attached hydrogens (tertiary/aromatic N) is 1. The minimum Gasteiger partial charge on any atom is -0.390 e. The molecular weight excluding hydrogens is 582 g/mol. The van der Waals surface area contributed by atoms with Crippen molar-refractivity contribution in [2.75, 3.05) is 26.3 Å². The van der Waals surface area contributed by atoms with Gasteiger partial charge >= 0.3 is 0 Å². The molecule has 13 atom stereocenters. The second kappa shape index (κ2) is 10.7. The Hall–Kier alpha value is -1.06. The number of hydrogen-bond acceptors (Lipinski definition) is 7. The molecule has 6 aliphatic carbocycles. The topological polar surface area (TPSA) is 106 Å². The fraction of sp³-hybridized carbons (Fsp3) is 0.947. The number of ketones is 1. The first-order valence-corrected chi connectivity index (χ1v) is 18.8. The average Bonchev–Trinajstić information content (AvgIpc) is 3.94. The number of fused-ring (bicyclic) bond motifs is 4. The van der Waals surface area contributed by atoms with E-state index < -0.39 is 12.7 Å². The van der Waals surface area contributed by atoms with Gasteiger partial charge in [-0.05, 0) is 115 Å². The van der Waals surface area contributed by atoms with Gasteiger partial charge in [0.15, 0.2) is 12.1 Å². The quantitative estimate of drug-likeness (QED) is 0.398. The maximum Gasteiger partial charge on any atom is 0.223 e. The number of carbonyl (C=O) groups is 2. The normalized spacial score (nSPS) is 52.1. The summed E-state index contributed by atoms with van der Waals surface area (Å²) in [6, 6.07) is 0. The van der Waals surface area contributed by atoms with Gasteiger partial charge in [-0.3, -0.25) is 9.59 Å². The van der Waals surface area contributed by atoms with Gasteiger partial charge in [-0.15, -0.1) is 0 Å². The van der Waals surface area contributed by atoms with E-state index in [1.165, 1.54) is 32.1 Å². The molecule has 2 spiro atoms. The van der Waals surface area contributed by atoms with Crippen molar-refractivity contribution in [1.82, 2.24) is 4.90 Å². The van der Waals surface area contributed by atoms with Crippen LogP contribution in [0.25, 0.3) is 0 Å². The lowest BCUT2D eigenvalue weighted by Crippen LogP contribution is -2.60. The monoisotopic (exact) mass is 641 g/mol. The number of amides is 1. The Morgan fingerprint density at radius 2 is 1.70 bits per heavy atom. The summed E-state index contributed by atoms with van der Waals surface area (Å²) in [6.07, 6.45) is 11.0. The number of hydrogen-bond donors (Lipinski definition) is 2. The van der Waals surface area contributed by atoms with Crippen LogP contribution >= 0.6 is 0 Å². The molecule has 2 aliphatic heterocycles. The van der Waals surface area contributed by atoms with E-state index >= 15 is 0 Å². The first kappa shape index (κ1) is 32.2. The molecule has 8 aliphatic rings. The second-order valence-electron chi connectivity index (χ2n) is 18.5. The van der Waals surface area contributed by atoms with Gasteiger partial charge in [0, 0.05) is 24.8 Å². The van der Waals surface area contributed by atoms with Gasteiger partial charge in [0.2, 0.25) is 5.91 Å². The van der Waals surface area contributed by atoms with Crippen LogP contribution in [0.15, 0.2) is 0 Å². The summed E-state index contributed by atoms with van der Waals surface area (Å²) < 4.78 is 19.6. The summed E-state index contributed by atoms with van der Waals surface area (Å²) in [7, 11) is 0. The van der Waals surface area contributed by atoms with Crippen LogP contribution in [0.5, 0.6) is 0 Å². The Morgan fingerprint density at radius 1 is 0.957 bits per heavy atom. The maximum atomic E-state index is 12.9. The van der Waals surface area contributed by atoms with Crippen LogP contribution in [0.3, 0.4) is 0 Å². The van der Waals surface area contributed by atoms with Gasteiger partial charge in [0.05, 0.1) is 37.6 Å². The zero-order valence-corrected chi connectivity index (χ0v) is 29.0. The van der Waals surface area contributed by atoms with Crippen molar-refractivity contribution in [1.29, 1.82) is 0 Å². The molecule has 46 heavy (non-hydrogen) atoms. The molecular formula is C38H59NO7. The van der Waals surface area contributed by atoms with Gasteiger partial charge < -0.3 is 29.3 Å². The smallest absolute Gasteiger partial charge is 0.223 e. The lowest BCUT2D eigenvalue weighted by molar-refractivity contribution is -0.248. The van der Waals surface area contributed by atoms with Crippen molar-refractivity contribution in [3.05, 3.63) is 0 Å². The minimum absolute atomic E-state index is 0.00437. The van der Waals surface area contributed by atoms with E-state index in [4.69, 9.17) is 14.2 Å². The summed E-state index contributed by atoms with van der Waals surface area (Å²) in [5.41, 5.74) is 0.336. The van der Waals surface area contributed by atoms with Crippen LogP contribution < -0.4 is 0 Å². The van der Waals surface area contributed by atoms with Crippen molar-refractivity contribution in [2.45, 2.75) is 142 Å². The zero-order valence-electron chi connectivity index (χ0n) is 29.0. The highest BCUT2D eigenvalue weighted by atomic mass is 16.7. The van der Waals surface area contributed by atoms with Crippen molar-refractivity contribution < 1.29 is 34.0 Å². The van der Waals surface area contributed by atoms with Gasteiger partial charge in [-0.2, -0.15) is 0 Å². The molecule has 0 aromatic rings. The van der Waals surface area contributed by atoms with Crippen LogP contribution in [0.2, 0.25) is 0 Å². The second-order valence-corrected chi connectivity index (χ2v) is 18.5. The molecule has 0 aromatic heterocycles. The highest BCUT2D eigenvalue weighted by Gasteiger charge is 2.84. The van der Waals surface area contributed by atoms with Gasteiger partial charge in [0.25, 0.3) is 0 Å². The number of Topliss-reactive ketones (excluding diaryl/α,β-unsaturated/α-hetero) is 1. The van der Waals surface area contributed by atoms with E-state index in [0.29, 0.717) is 55.2 Å². The molecule has 0 bridgehead atoms. The van der Waals surface area contributed by atoms with E-state index in [1.54, 1.807) is 0 Å². The third-order valence-electron chi connectivity index (χ3n) is 16.3. The number of aliphatic hydroxyl groups is 2. The van der Waals surface area contributed by atoms with Crippen molar-refractivity contribution >= 4 is 11.7 Å². The number of ether oxygens (including phenoxy) is 3. The molecule has 2 N–H and O–H groups in total. The highest BCUT2D eigenvalue weighted by molar-refractivity contribution is 5.79. The summed E-state index contributed by atoms with van der Waals surface area (Å²) in [5, 5.41) is 21.7. The molecule has 2 heterocycles. The lowest BCUT2D eigenvalue weighted by atomic mass is 9.41. The number of aliphatic hydroxyl groups excluding tert-OH is 2. The first-order chi connectivity index (χ1) is 21.8. The number of carbonyl (C=O) groups excluding carboxylic acids is 2. The summed E-state index contributed by atoms with van der Waals surface area (Å²) in [5.74, 6) is 2.36. The molecule has 258 valence electrons. The third-order valence-corrected chi connectivity index (χ3v) is 16.3. The Bertz CT molecular complexity index is 1250. The van der Waals surface area contributed by atoms with Crippen LogP contribution in [0, 0.1) is 56.7 Å². The molecule has 8 rings (SSSR count). The van der Waals surface area contributed by atoms with Crippen molar-refractivity contribution in [3.8, 4) is 0 Å². The van der Waals surface area contributed by atoms with E-state index in [2.05, 4.69) is 34.6 Å². The van der Waals surface area contributed by atoms with Crippen LogP contribution in [-0.4, -0.2) is 83.8 Å². The van der Waals surface area contributed by atoms with Gasteiger partial charge in [-0.25, -0.2) is 0 Å². The van der Waals surface area contributed by atoms with Crippen molar-refractivity contribution in [3.63, 3.8) is 0 Å². The largest absolute Gasteiger partial charge is 0.390 e. The number of rotatable bonds is 7. The predicted octanol–water partition coefficient (Wildman–Crippen LogP) is 5.12. The summed E-state index contributed by atoms with van der Waals surface area (Å²) in [4.78, 5) is 27.0. The molecule has 8 heteroatoms. The van der Waals surface area contributed by atoms with Gasteiger partial charge in [-0.1, -0.05) is 34.6 Å². The zero-order chi connectivity index (χ0) is 32.4. The van der Waals surface area contributed by atoms with E-state index in [0.717, 1.165) is 32.1 Å². The lowest BCUT2D eigenvalue weighted by Gasteiger charge is -2.64. The fourth-order valence-electron chi connectivity index (χ4n) is 13.9. The Labute approximate surface area is 275 Å². The van der Waals surface area contributed by atoms with E-state index in [1.807, 2.05) is 4.90 Å². The van der Waals surface area contributed by atoms with Crippen LogP contribution in [0.1, 0.15) is 112 Å². The minimum atomic E-state index is -0.546. The molecule has 7 unspecified atom stereocenters. The van der Waals surface area contributed by atoms with Crippen molar-refractivity contribution in [2.24, 2.45) is 56.7 Å². The Balaban J connectivity index is 0.999. The standard InChI is InChI=1S/C38H59NO7/c1-22-16-25(18-24(41)20-40)45-32-31(22)35(4)12-13-38-21-37(38)11-10-28(34(2,3)26(37)8-9-27(38)36(35,5)33(32)43)46-30-19-39(14-15-44-30)29(42)17-23-6-7-23/h22-23,25-28,30-33,40,43H,6-21H2,1-5H3/t22-,25+,26?,27?,28?,30+,31+,32?,33+,35?,36-,37?,38?/m1/s1. The molecule has 1 amide bonds. The average molecular weight is 642 g/mol. The summed E-state index contributed by atoms with van der Waals surface area (Å²) in [6.45, 7) is 13.4. The SMILES string of the molecule is C[C@@H]1C[C@@H](CC(=O)CO)OC2[C@H]1C1(C)CCC34CC35CCC(O[C@H]3CN(C(=O)CC6CC6)CCO3)C(C)(C)C5CCC4[C@]1(C)[C@H]2O.